The zero-order valence-corrected chi connectivity index (χ0v) is 12.3. The summed E-state index contributed by atoms with van der Waals surface area (Å²) in [5.74, 6) is 0.0270. The van der Waals surface area contributed by atoms with Crippen molar-refractivity contribution in [3.8, 4) is 17.0 Å². The fraction of sp³-hybridized carbons (Fsp3) is 0.235. The van der Waals surface area contributed by atoms with Crippen molar-refractivity contribution in [1.82, 2.24) is 9.55 Å². The highest BCUT2D eigenvalue weighted by atomic mass is 16.3. The standard InChI is InChI=1S/C17H18N2O3/c1-2-13-15(21)10-16(22)18-17(13)12-3-4-14-11(9-12)5-6-19(14)7-8-20/h3-6,9-10,20H,2,7-8H2,1H3,(H2,18,21,22). The quantitative estimate of drug-likeness (QED) is 0.691. The van der Waals surface area contributed by atoms with Gasteiger partial charge in [0.25, 0.3) is 5.56 Å². The average molecular weight is 298 g/mol. The molecule has 0 amide bonds. The Morgan fingerprint density at radius 2 is 2.05 bits per heavy atom. The lowest BCUT2D eigenvalue weighted by Crippen LogP contribution is -2.08. The Kier molecular flexibility index (Phi) is 3.73. The Bertz CT molecular complexity index is 877. The average Bonchev–Trinajstić information content (AvgIpc) is 2.89. The first-order chi connectivity index (χ1) is 10.6. The van der Waals surface area contributed by atoms with E-state index in [4.69, 9.17) is 5.11 Å². The maximum atomic E-state index is 11.7. The van der Waals surface area contributed by atoms with Crippen molar-refractivity contribution in [2.45, 2.75) is 19.9 Å². The minimum Gasteiger partial charge on any atom is -0.507 e. The van der Waals surface area contributed by atoms with Crippen LogP contribution in [0.1, 0.15) is 12.5 Å². The molecule has 3 N–H and O–H groups in total. The highest BCUT2D eigenvalue weighted by Crippen LogP contribution is 2.29. The van der Waals surface area contributed by atoms with E-state index < -0.39 is 0 Å². The normalized spacial score (nSPS) is 11.2. The van der Waals surface area contributed by atoms with Crippen LogP contribution in [0.5, 0.6) is 5.75 Å². The van der Waals surface area contributed by atoms with Gasteiger partial charge in [-0.05, 0) is 30.2 Å². The number of hydrogen-bond donors (Lipinski definition) is 3. The van der Waals surface area contributed by atoms with Gasteiger partial charge in [0.05, 0.1) is 12.3 Å². The van der Waals surface area contributed by atoms with E-state index in [1.54, 1.807) is 0 Å². The number of aliphatic hydroxyl groups is 1. The second kappa shape index (κ2) is 5.69. The van der Waals surface area contributed by atoms with Crippen LogP contribution < -0.4 is 5.56 Å². The molecule has 0 aliphatic heterocycles. The van der Waals surface area contributed by atoms with Crippen LogP contribution in [-0.2, 0) is 13.0 Å². The Labute approximate surface area is 127 Å². The van der Waals surface area contributed by atoms with Gasteiger partial charge in [-0.15, -0.1) is 0 Å². The van der Waals surface area contributed by atoms with Crippen molar-refractivity contribution >= 4 is 10.9 Å². The molecule has 2 aromatic heterocycles. The fourth-order valence-corrected chi connectivity index (χ4v) is 2.84. The van der Waals surface area contributed by atoms with E-state index in [1.807, 2.05) is 42.0 Å². The molecule has 5 nitrogen and oxygen atoms in total. The molecule has 114 valence electrons. The maximum absolute atomic E-state index is 11.7. The lowest BCUT2D eigenvalue weighted by Gasteiger charge is -2.10. The molecule has 0 aliphatic carbocycles. The second-order valence-corrected chi connectivity index (χ2v) is 5.23. The summed E-state index contributed by atoms with van der Waals surface area (Å²) in [4.78, 5) is 14.5. The van der Waals surface area contributed by atoms with Crippen molar-refractivity contribution in [2.75, 3.05) is 6.61 Å². The fourth-order valence-electron chi connectivity index (χ4n) is 2.84. The molecule has 0 saturated carbocycles. The maximum Gasteiger partial charge on any atom is 0.252 e. The van der Waals surface area contributed by atoms with Gasteiger partial charge in [0.15, 0.2) is 0 Å². The van der Waals surface area contributed by atoms with E-state index in [0.29, 0.717) is 18.7 Å². The van der Waals surface area contributed by atoms with Crippen molar-refractivity contribution in [2.24, 2.45) is 0 Å². The second-order valence-electron chi connectivity index (χ2n) is 5.23. The zero-order valence-electron chi connectivity index (χ0n) is 12.3. The number of benzene rings is 1. The largest absolute Gasteiger partial charge is 0.507 e. The van der Waals surface area contributed by atoms with Crippen LogP contribution in [0.15, 0.2) is 41.3 Å². The number of rotatable bonds is 4. The van der Waals surface area contributed by atoms with E-state index in [-0.39, 0.29) is 17.9 Å². The van der Waals surface area contributed by atoms with Crippen LogP contribution in [0, 0.1) is 0 Å². The van der Waals surface area contributed by atoms with Gasteiger partial charge in [-0.25, -0.2) is 0 Å². The molecule has 3 rings (SSSR count). The SMILES string of the molecule is CCc1c(O)cc(=O)[nH]c1-c1ccc2c(ccn2CCO)c1. The van der Waals surface area contributed by atoms with Crippen LogP contribution in [-0.4, -0.2) is 26.4 Å². The molecule has 0 saturated heterocycles. The number of aromatic hydroxyl groups is 1. The Morgan fingerprint density at radius 1 is 1.23 bits per heavy atom. The summed E-state index contributed by atoms with van der Waals surface area (Å²) in [6, 6.07) is 9.04. The summed E-state index contributed by atoms with van der Waals surface area (Å²) < 4.78 is 1.98. The molecular formula is C17H18N2O3. The minimum atomic E-state index is -0.317. The third kappa shape index (κ3) is 2.40. The molecule has 22 heavy (non-hydrogen) atoms. The molecule has 1 aromatic carbocycles. The van der Waals surface area contributed by atoms with Gasteiger partial charge >= 0.3 is 0 Å². The van der Waals surface area contributed by atoms with Crippen molar-refractivity contribution in [3.63, 3.8) is 0 Å². The van der Waals surface area contributed by atoms with Gasteiger partial charge in [0, 0.05) is 35.3 Å². The first-order valence-electron chi connectivity index (χ1n) is 7.29. The van der Waals surface area contributed by atoms with Crippen LogP contribution >= 0.6 is 0 Å². The summed E-state index contributed by atoms with van der Waals surface area (Å²) in [5, 5.41) is 20.1. The van der Waals surface area contributed by atoms with Crippen molar-refractivity contribution in [3.05, 3.63) is 52.4 Å². The van der Waals surface area contributed by atoms with Crippen LogP contribution in [0.25, 0.3) is 22.2 Å². The predicted octanol–water partition coefficient (Wildman–Crippen LogP) is 2.26. The highest BCUT2D eigenvalue weighted by molar-refractivity contribution is 5.85. The summed E-state index contributed by atoms with van der Waals surface area (Å²) in [5.41, 5.74) is 2.96. The van der Waals surface area contributed by atoms with Crippen LogP contribution in [0.3, 0.4) is 0 Å². The van der Waals surface area contributed by atoms with Gasteiger partial charge in [0.2, 0.25) is 0 Å². The third-order valence-corrected chi connectivity index (χ3v) is 3.88. The molecule has 0 aliphatic rings. The van der Waals surface area contributed by atoms with Gasteiger partial charge in [0.1, 0.15) is 5.75 Å². The van der Waals surface area contributed by atoms with E-state index in [2.05, 4.69) is 4.98 Å². The summed E-state index contributed by atoms with van der Waals surface area (Å²) >= 11 is 0. The first-order valence-corrected chi connectivity index (χ1v) is 7.29. The van der Waals surface area contributed by atoms with Gasteiger partial charge in [-0.1, -0.05) is 13.0 Å². The number of aliphatic hydroxyl groups excluding tert-OH is 1. The highest BCUT2D eigenvalue weighted by Gasteiger charge is 2.11. The molecular weight excluding hydrogens is 280 g/mol. The lowest BCUT2D eigenvalue weighted by molar-refractivity contribution is 0.278. The number of H-pyrrole nitrogens is 1. The van der Waals surface area contributed by atoms with E-state index in [0.717, 1.165) is 22.0 Å². The smallest absolute Gasteiger partial charge is 0.252 e. The molecule has 0 atom stereocenters. The molecule has 0 unspecified atom stereocenters. The number of aromatic amines is 1. The summed E-state index contributed by atoms with van der Waals surface area (Å²) in [7, 11) is 0. The van der Waals surface area contributed by atoms with Crippen molar-refractivity contribution < 1.29 is 10.2 Å². The monoisotopic (exact) mass is 298 g/mol. The topological polar surface area (TPSA) is 78.2 Å². The molecule has 0 spiro atoms. The number of fused-ring (bicyclic) bond motifs is 1. The number of nitrogens with zero attached hydrogens (tertiary/aromatic N) is 1. The van der Waals surface area contributed by atoms with E-state index >= 15 is 0 Å². The predicted molar refractivity (Wildman–Crippen MR) is 86.1 cm³/mol. The van der Waals surface area contributed by atoms with Crippen LogP contribution in [0.2, 0.25) is 0 Å². The Hall–Kier alpha value is -2.53. The van der Waals surface area contributed by atoms with Gasteiger partial charge in [-0.3, -0.25) is 4.79 Å². The van der Waals surface area contributed by atoms with Crippen LogP contribution in [0.4, 0.5) is 0 Å². The summed E-state index contributed by atoms with van der Waals surface area (Å²) in [6.07, 6.45) is 2.55. The Morgan fingerprint density at radius 3 is 2.77 bits per heavy atom. The third-order valence-electron chi connectivity index (χ3n) is 3.88. The summed E-state index contributed by atoms with van der Waals surface area (Å²) in [6.45, 7) is 2.57. The molecule has 5 heteroatoms. The molecule has 0 fully saturated rings. The number of aromatic nitrogens is 2. The van der Waals surface area contributed by atoms with Gasteiger partial charge < -0.3 is 19.8 Å². The first kappa shape index (κ1) is 14.4. The lowest BCUT2D eigenvalue weighted by atomic mass is 10.0. The van der Waals surface area contributed by atoms with E-state index in [9.17, 15) is 9.90 Å². The molecule has 0 bridgehead atoms. The zero-order chi connectivity index (χ0) is 15.7. The number of hydrogen-bond acceptors (Lipinski definition) is 3. The number of pyridine rings is 1. The van der Waals surface area contributed by atoms with E-state index in [1.165, 1.54) is 6.07 Å². The molecule has 0 radical (unpaired) electrons. The van der Waals surface area contributed by atoms with Gasteiger partial charge in [-0.2, -0.15) is 0 Å². The number of nitrogens with one attached hydrogen (secondary N) is 1. The molecule has 2 heterocycles. The Balaban J connectivity index is 2.17. The van der Waals surface area contributed by atoms with Crippen molar-refractivity contribution in [1.29, 1.82) is 0 Å². The molecule has 3 aromatic rings. The minimum absolute atomic E-state index is 0.0270.